The Hall–Kier alpha value is -1.37. The summed E-state index contributed by atoms with van der Waals surface area (Å²) in [5.41, 5.74) is 7.42. The second-order valence-corrected chi connectivity index (χ2v) is 6.87. The van der Waals surface area contributed by atoms with E-state index >= 15 is 0 Å². The highest BCUT2D eigenvalue weighted by Crippen LogP contribution is 2.22. The molecule has 0 fully saturated rings. The van der Waals surface area contributed by atoms with Gasteiger partial charge in [-0.15, -0.1) is 11.3 Å². The van der Waals surface area contributed by atoms with Gasteiger partial charge in [-0.25, -0.2) is 0 Å². The number of nitrogens with two attached hydrogens (primary N) is 1. The van der Waals surface area contributed by atoms with Gasteiger partial charge >= 0.3 is 0 Å². The molecule has 0 saturated heterocycles. The number of nitrogens with one attached hydrogen (secondary N) is 1. The summed E-state index contributed by atoms with van der Waals surface area (Å²) in [6, 6.07) is 11.9. The van der Waals surface area contributed by atoms with Gasteiger partial charge in [0.2, 0.25) is 0 Å². The average Bonchev–Trinajstić information content (AvgIpc) is 2.88. The molecule has 4 nitrogen and oxygen atoms in total. The zero-order valence-corrected chi connectivity index (χ0v) is 13.2. The zero-order chi connectivity index (χ0) is 14.4. The van der Waals surface area contributed by atoms with Crippen molar-refractivity contribution in [1.29, 1.82) is 0 Å². The van der Waals surface area contributed by atoms with E-state index in [2.05, 4.69) is 38.5 Å². The fourth-order valence-electron chi connectivity index (χ4n) is 1.83. The number of thiophene rings is 1. The minimum atomic E-state index is 0.135. The lowest BCUT2D eigenvalue weighted by molar-refractivity contribution is 0.318. The highest BCUT2D eigenvalue weighted by molar-refractivity contribution is 9.11. The second kappa shape index (κ2) is 7.42. The molecular formula is C14H16BrN3OS. The van der Waals surface area contributed by atoms with Gasteiger partial charge < -0.3 is 16.3 Å². The lowest BCUT2D eigenvalue weighted by atomic mass is 10.1. The number of benzene rings is 1. The van der Waals surface area contributed by atoms with E-state index in [0.717, 1.165) is 30.6 Å². The first-order valence-electron chi connectivity index (χ1n) is 6.21. The Kier molecular flexibility index (Phi) is 5.58. The summed E-state index contributed by atoms with van der Waals surface area (Å²) >= 11 is 5.22. The fraction of sp³-hybridized carbons (Fsp3) is 0.214. The summed E-state index contributed by atoms with van der Waals surface area (Å²) in [6.07, 6.45) is 1.01. The van der Waals surface area contributed by atoms with E-state index in [1.807, 2.05) is 24.3 Å². The van der Waals surface area contributed by atoms with E-state index in [0.29, 0.717) is 0 Å². The molecule has 0 aliphatic carbocycles. The van der Waals surface area contributed by atoms with E-state index in [1.54, 1.807) is 11.3 Å². The van der Waals surface area contributed by atoms with Gasteiger partial charge in [-0.3, -0.25) is 0 Å². The first kappa shape index (κ1) is 15.0. The number of nitrogens with zero attached hydrogens (tertiary/aromatic N) is 1. The summed E-state index contributed by atoms with van der Waals surface area (Å²) in [6.45, 7) is 1.68. The van der Waals surface area contributed by atoms with Crippen molar-refractivity contribution in [2.24, 2.45) is 10.9 Å². The van der Waals surface area contributed by atoms with Gasteiger partial charge in [0, 0.05) is 23.5 Å². The van der Waals surface area contributed by atoms with E-state index in [1.165, 1.54) is 8.66 Å². The van der Waals surface area contributed by atoms with Crippen LogP contribution in [0.15, 0.2) is 45.3 Å². The van der Waals surface area contributed by atoms with Crippen LogP contribution in [0.1, 0.15) is 16.0 Å². The maximum atomic E-state index is 8.67. The topological polar surface area (TPSA) is 70.6 Å². The van der Waals surface area contributed by atoms with Crippen molar-refractivity contribution >= 4 is 33.1 Å². The van der Waals surface area contributed by atoms with Crippen LogP contribution in [0.4, 0.5) is 0 Å². The molecule has 1 heterocycles. The molecule has 106 valence electrons. The predicted octanol–water partition coefficient (Wildman–Crippen LogP) is 2.94. The molecule has 0 saturated carbocycles. The van der Waals surface area contributed by atoms with Crippen LogP contribution in [0.25, 0.3) is 0 Å². The summed E-state index contributed by atoms with van der Waals surface area (Å²) in [7, 11) is 0. The van der Waals surface area contributed by atoms with Gasteiger partial charge in [-0.1, -0.05) is 23.4 Å². The second-order valence-electron chi connectivity index (χ2n) is 4.32. The number of rotatable bonds is 6. The molecule has 1 aromatic carbocycles. The Morgan fingerprint density at radius 3 is 2.90 bits per heavy atom. The SMILES string of the molecule is N/C(=N/O)c1cccc(CNCCc2ccc(Br)s2)c1. The molecular weight excluding hydrogens is 338 g/mol. The molecule has 0 amide bonds. The number of amidine groups is 1. The molecule has 0 spiro atoms. The third-order valence-corrected chi connectivity index (χ3v) is 4.52. The quantitative estimate of drug-likeness (QED) is 0.246. The lowest BCUT2D eigenvalue weighted by Crippen LogP contribution is -2.17. The summed E-state index contributed by atoms with van der Waals surface area (Å²) in [5.74, 6) is 0.135. The van der Waals surface area contributed by atoms with Crippen molar-refractivity contribution < 1.29 is 5.21 Å². The fourth-order valence-corrected chi connectivity index (χ4v) is 3.31. The van der Waals surface area contributed by atoms with Crippen LogP contribution in [0.3, 0.4) is 0 Å². The van der Waals surface area contributed by atoms with E-state index < -0.39 is 0 Å². The van der Waals surface area contributed by atoms with Gasteiger partial charge in [0.1, 0.15) is 0 Å². The highest BCUT2D eigenvalue weighted by Gasteiger charge is 2.01. The van der Waals surface area contributed by atoms with Gasteiger partial charge in [0.15, 0.2) is 5.84 Å². The monoisotopic (exact) mass is 353 g/mol. The summed E-state index contributed by atoms with van der Waals surface area (Å²) in [4.78, 5) is 1.36. The molecule has 1 aromatic heterocycles. The normalized spacial score (nSPS) is 11.8. The zero-order valence-electron chi connectivity index (χ0n) is 10.8. The van der Waals surface area contributed by atoms with Gasteiger partial charge in [0.05, 0.1) is 3.79 Å². The molecule has 6 heteroatoms. The third kappa shape index (κ3) is 4.33. The van der Waals surface area contributed by atoms with Gasteiger partial charge in [-0.2, -0.15) is 0 Å². The van der Waals surface area contributed by atoms with Crippen LogP contribution in [0, 0.1) is 0 Å². The predicted molar refractivity (Wildman–Crippen MR) is 86.4 cm³/mol. The van der Waals surface area contributed by atoms with Crippen molar-refractivity contribution in [1.82, 2.24) is 5.32 Å². The maximum Gasteiger partial charge on any atom is 0.170 e. The molecule has 20 heavy (non-hydrogen) atoms. The minimum absolute atomic E-state index is 0.135. The smallest absolute Gasteiger partial charge is 0.170 e. The van der Waals surface area contributed by atoms with Crippen LogP contribution < -0.4 is 11.1 Å². The molecule has 0 atom stereocenters. The van der Waals surface area contributed by atoms with E-state index in [4.69, 9.17) is 10.9 Å². The number of hydrogen-bond acceptors (Lipinski definition) is 4. The van der Waals surface area contributed by atoms with Crippen LogP contribution in [0.5, 0.6) is 0 Å². The molecule has 2 aromatic rings. The van der Waals surface area contributed by atoms with Crippen molar-refractivity contribution in [3.05, 3.63) is 56.2 Å². The first-order valence-corrected chi connectivity index (χ1v) is 7.82. The molecule has 2 rings (SSSR count). The first-order chi connectivity index (χ1) is 9.69. The standard InChI is InChI=1S/C14H16BrN3OS/c15-13-5-4-12(20-13)6-7-17-9-10-2-1-3-11(8-10)14(16)18-19/h1-5,8,17,19H,6-7,9H2,(H2,16,18). The van der Waals surface area contributed by atoms with E-state index in [-0.39, 0.29) is 5.84 Å². The Morgan fingerprint density at radius 1 is 1.35 bits per heavy atom. The number of hydrogen-bond donors (Lipinski definition) is 3. The third-order valence-electron chi connectivity index (χ3n) is 2.84. The van der Waals surface area contributed by atoms with Crippen LogP contribution >= 0.6 is 27.3 Å². The molecule has 0 unspecified atom stereocenters. The summed E-state index contributed by atoms with van der Waals surface area (Å²) in [5, 5.41) is 15.1. The molecule has 0 aliphatic rings. The molecule has 0 radical (unpaired) electrons. The van der Waals surface area contributed by atoms with Crippen LogP contribution in [0.2, 0.25) is 0 Å². The van der Waals surface area contributed by atoms with Crippen LogP contribution in [-0.2, 0) is 13.0 Å². The lowest BCUT2D eigenvalue weighted by Gasteiger charge is -2.06. The maximum absolute atomic E-state index is 8.67. The minimum Gasteiger partial charge on any atom is -0.409 e. The van der Waals surface area contributed by atoms with Crippen LogP contribution in [-0.4, -0.2) is 17.6 Å². The molecule has 4 N–H and O–H groups in total. The highest BCUT2D eigenvalue weighted by atomic mass is 79.9. The molecule has 0 bridgehead atoms. The molecule has 0 aliphatic heterocycles. The van der Waals surface area contributed by atoms with Gasteiger partial charge in [-0.05, 0) is 46.1 Å². The van der Waals surface area contributed by atoms with Gasteiger partial charge in [0.25, 0.3) is 0 Å². The Balaban J connectivity index is 1.82. The Labute approximate surface area is 130 Å². The number of oxime groups is 1. The van der Waals surface area contributed by atoms with Crippen molar-refractivity contribution in [2.45, 2.75) is 13.0 Å². The summed E-state index contributed by atoms with van der Waals surface area (Å²) < 4.78 is 1.17. The largest absolute Gasteiger partial charge is 0.409 e. The van der Waals surface area contributed by atoms with Crippen molar-refractivity contribution in [3.63, 3.8) is 0 Å². The Bertz CT molecular complexity index is 598. The van der Waals surface area contributed by atoms with E-state index in [9.17, 15) is 0 Å². The van der Waals surface area contributed by atoms with Crippen molar-refractivity contribution in [3.8, 4) is 0 Å². The Morgan fingerprint density at radius 2 is 2.20 bits per heavy atom. The van der Waals surface area contributed by atoms with Crippen molar-refractivity contribution in [2.75, 3.05) is 6.54 Å². The average molecular weight is 354 g/mol. The number of halogens is 1.